The van der Waals surface area contributed by atoms with E-state index in [-0.39, 0.29) is 42.3 Å². The molecule has 1 saturated carbocycles. The number of nitrogens with zero attached hydrogens (tertiary/aromatic N) is 1. The van der Waals surface area contributed by atoms with Crippen LogP contribution in [0, 0.1) is 5.92 Å². The highest BCUT2D eigenvalue weighted by Crippen LogP contribution is 2.43. The van der Waals surface area contributed by atoms with E-state index in [4.69, 9.17) is 0 Å². The molecule has 1 aliphatic heterocycles. The fourth-order valence-corrected chi connectivity index (χ4v) is 4.59. The zero-order chi connectivity index (χ0) is 20.4. The Bertz CT molecular complexity index is 861. The topological polar surface area (TPSA) is 69.6 Å². The van der Waals surface area contributed by atoms with Crippen LogP contribution < -0.4 is 5.32 Å². The molecule has 2 aliphatic rings. The van der Waals surface area contributed by atoms with Crippen LogP contribution in [0.15, 0.2) is 54.6 Å². The van der Waals surface area contributed by atoms with Crippen molar-refractivity contribution in [1.29, 1.82) is 0 Å². The van der Waals surface area contributed by atoms with Gasteiger partial charge in [0.1, 0.15) is 0 Å². The number of carbonyl (C=O) groups is 2. The summed E-state index contributed by atoms with van der Waals surface area (Å²) in [4.78, 5) is 26.3. The minimum absolute atomic E-state index is 0.0145. The first kappa shape index (κ1) is 19.6. The molecule has 29 heavy (non-hydrogen) atoms. The van der Waals surface area contributed by atoms with Crippen LogP contribution in [0.4, 0.5) is 0 Å². The number of rotatable bonds is 6. The summed E-state index contributed by atoms with van der Waals surface area (Å²) in [5.74, 6) is 0.112. The minimum atomic E-state index is -0.232. The van der Waals surface area contributed by atoms with E-state index in [9.17, 15) is 14.7 Å². The number of amides is 2. The standard InChI is InChI=1S/C24H28N2O3/c1-16(28)25-14-21-23(22(15-27)26(21)24(29)20-8-5-9-20)19-12-10-18(11-13-19)17-6-3-2-4-7-17/h2-4,6-7,10-13,20-23,27H,5,8-9,14-15H2,1H3,(H,25,28)/t21-,22-,23+/m0/s1. The van der Waals surface area contributed by atoms with Crippen molar-refractivity contribution >= 4 is 11.8 Å². The lowest BCUT2D eigenvalue weighted by Gasteiger charge is -2.56. The third-order valence-corrected chi connectivity index (χ3v) is 6.40. The van der Waals surface area contributed by atoms with Crippen molar-refractivity contribution in [2.75, 3.05) is 13.2 Å². The van der Waals surface area contributed by atoms with Gasteiger partial charge in [-0.1, -0.05) is 61.0 Å². The Morgan fingerprint density at radius 2 is 1.66 bits per heavy atom. The number of carbonyl (C=O) groups excluding carboxylic acids is 2. The second-order valence-electron chi connectivity index (χ2n) is 8.14. The van der Waals surface area contributed by atoms with Crippen LogP contribution >= 0.6 is 0 Å². The number of hydrogen-bond acceptors (Lipinski definition) is 3. The molecule has 1 saturated heterocycles. The SMILES string of the molecule is CC(=O)NC[C@H]1[C@@H](c2ccc(-c3ccccc3)cc2)[C@H](CO)N1C(=O)C1CCC1. The molecule has 0 bridgehead atoms. The predicted octanol–water partition coefficient (Wildman–Crippen LogP) is 2.95. The predicted molar refractivity (Wildman–Crippen MR) is 112 cm³/mol. The molecule has 2 aromatic rings. The van der Waals surface area contributed by atoms with Gasteiger partial charge in [-0.25, -0.2) is 0 Å². The van der Waals surface area contributed by atoms with Crippen LogP contribution in [0.5, 0.6) is 0 Å². The average molecular weight is 392 g/mol. The Hall–Kier alpha value is -2.66. The van der Waals surface area contributed by atoms with Gasteiger partial charge >= 0.3 is 0 Å². The number of benzene rings is 2. The van der Waals surface area contributed by atoms with Crippen molar-refractivity contribution in [2.45, 2.75) is 44.2 Å². The molecule has 2 fully saturated rings. The molecule has 3 atom stereocenters. The zero-order valence-electron chi connectivity index (χ0n) is 16.8. The molecular weight excluding hydrogens is 364 g/mol. The van der Waals surface area contributed by atoms with Crippen LogP contribution in [0.2, 0.25) is 0 Å². The second-order valence-corrected chi connectivity index (χ2v) is 8.14. The summed E-state index contributed by atoms with van der Waals surface area (Å²) in [7, 11) is 0. The van der Waals surface area contributed by atoms with E-state index >= 15 is 0 Å². The van der Waals surface area contributed by atoms with Crippen molar-refractivity contribution in [1.82, 2.24) is 10.2 Å². The molecule has 5 heteroatoms. The molecule has 2 amide bonds. The summed E-state index contributed by atoms with van der Waals surface area (Å²) in [6.07, 6.45) is 2.95. The smallest absolute Gasteiger partial charge is 0.226 e. The number of aliphatic hydroxyl groups excluding tert-OH is 1. The van der Waals surface area contributed by atoms with Crippen molar-refractivity contribution in [3.05, 3.63) is 60.2 Å². The Labute approximate surface area is 171 Å². The summed E-state index contributed by atoms with van der Waals surface area (Å²) in [6, 6.07) is 18.2. The number of likely N-dealkylation sites (tertiary alicyclic amines) is 1. The van der Waals surface area contributed by atoms with Crippen molar-refractivity contribution < 1.29 is 14.7 Å². The van der Waals surface area contributed by atoms with Gasteiger partial charge < -0.3 is 15.3 Å². The van der Waals surface area contributed by atoms with E-state index in [2.05, 4.69) is 41.7 Å². The second kappa shape index (κ2) is 8.37. The maximum Gasteiger partial charge on any atom is 0.226 e. The molecule has 1 aliphatic carbocycles. The lowest BCUT2D eigenvalue weighted by molar-refractivity contribution is -0.158. The maximum absolute atomic E-state index is 13.0. The molecule has 2 N–H and O–H groups in total. The van der Waals surface area contributed by atoms with Gasteiger partial charge in [0.15, 0.2) is 0 Å². The Morgan fingerprint density at radius 1 is 1.00 bits per heavy atom. The van der Waals surface area contributed by atoms with E-state index in [1.165, 1.54) is 6.92 Å². The highest BCUT2D eigenvalue weighted by Gasteiger charge is 2.52. The number of nitrogens with one attached hydrogen (secondary N) is 1. The largest absolute Gasteiger partial charge is 0.394 e. The van der Waals surface area contributed by atoms with Gasteiger partial charge in [-0.05, 0) is 29.5 Å². The van der Waals surface area contributed by atoms with Gasteiger partial charge in [0.05, 0.1) is 18.7 Å². The molecule has 4 rings (SSSR count). The van der Waals surface area contributed by atoms with Gasteiger partial charge in [-0.2, -0.15) is 0 Å². The average Bonchev–Trinajstić information content (AvgIpc) is 2.67. The first-order valence-corrected chi connectivity index (χ1v) is 10.4. The van der Waals surface area contributed by atoms with Crippen LogP contribution in [-0.2, 0) is 9.59 Å². The first-order chi connectivity index (χ1) is 14.1. The summed E-state index contributed by atoms with van der Waals surface area (Å²) in [5, 5.41) is 12.9. The lowest BCUT2D eigenvalue weighted by Crippen LogP contribution is -2.69. The lowest BCUT2D eigenvalue weighted by atomic mass is 9.72. The van der Waals surface area contributed by atoms with E-state index in [0.29, 0.717) is 6.54 Å². The van der Waals surface area contributed by atoms with Crippen molar-refractivity contribution in [3.8, 4) is 11.1 Å². The molecule has 152 valence electrons. The van der Waals surface area contributed by atoms with Gasteiger partial charge in [0.2, 0.25) is 11.8 Å². The Balaban J connectivity index is 1.57. The third-order valence-electron chi connectivity index (χ3n) is 6.40. The number of aliphatic hydroxyl groups is 1. The van der Waals surface area contributed by atoms with Crippen molar-refractivity contribution in [2.24, 2.45) is 5.92 Å². The van der Waals surface area contributed by atoms with E-state index < -0.39 is 0 Å². The van der Waals surface area contributed by atoms with E-state index in [0.717, 1.165) is 36.0 Å². The Kier molecular flexibility index (Phi) is 5.67. The molecule has 1 heterocycles. The molecular formula is C24H28N2O3. The molecule has 5 nitrogen and oxygen atoms in total. The monoisotopic (exact) mass is 392 g/mol. The van der Waals surface area contributed by atoms with Crippen LogP contribution in [0.3, 0.4) is 0 Å². The van der Waals surface area contributed by atoms with Gasteiger partial charge in [0, 0.05) is 25.3 Å². The number of hydrogen-bond donors (Lipinski definition) is 2. The fraction of sp³-hybridized carbons (Fsp3) is 0.417. The molecule has 0 aromatic heterocycles. The quantitative estimate of drug-likeness (QED) is 0.794. The Morgan fingerprint density at radius 3 is 2.21 bits per heavy atom. The fourth-order valence-electron chi connectivity index (χ4n) is 4.59. The molecule has 2 aromatic carbocycles. The van der Waals surface area contributed by atoms with E-state index in [1.54, 1.807) is 0 Å². The molecule has 0 spiro atoms. The highest BCUT2D eigenvalue weighted by molar-refractivity contribution is 5.82. The summed E-state index contributed by atoms with van der Waals surface area (Å²) < 4.78 is 0. The maximum atomic E-state index is 13.0. The highest BCUT2D eigenvalue weighted by atomic mass is 16.3. The van der Waals surface area contributed by atoms with Crippen molar-refractivity contribution in [3.63, 3.8) is 0 Å². The molecule has 0 unspecified atom stereocenters. The van der Waals surface area contributed by atoms with E-state index in [1.807, 2.05) is 23.1 Å². The van der Waals surface area contributed by atoms with Gasteiger partial charge in [-0.3, -0.25) is 9.59 Å². The summed E-state index contributed by atoms with van der Waals surface area (Å²) >= 11 is 0. The van der Waals surface area contributed by atoms with Crippen LogP contribution in [-0.4, -0.2) is 47.1 Å². The molecule has 0 radical (unpaired) electrons. The normalized spacial score (nSPS) is 23.8. The van der Waals surface area contributed by atoms with Gasteiger partial charge in [-0.15, -0.1) is 0 Å². The zero-order valence-corrected chi connectivity index (χ0v) is 16.8. The summed E-state index contributed by atoms with van der Waals surface area (Å²) in [6.45, 7) is 1.83. The van der Waals surface area contributed by atoms with Crippen LogP contribution in [0.1, 0.15) is 37.7 Å². The minimum Gasteiger partial charge on any atom is -0.394 e. The third kappa shape index (κ3) is 3.79. The van der Waals surface area contributed by atoms with Gasteiger partial charge in [0.25, 0.3) is 0 Å². The summed E-state index contributed by atoms with van der Waals surface area (Å²) in [5.41, 5.74) is 3.38. The van der Waals surface area contributed by atoms with Crippen LogP contribution in [0.25, 0.3) is 11.1 Å². The first-order valence-electron chi connectivity index (χ1n) is 10.4.